The van der Waals surface area contributed by atoms with E-state index in [-0.39, 0.29) is 30.6 Å². The number of benzene rings is 1. The number of carbonyl (C=O) groups is 2. The highest BCUT2D eigenvalue weighted by molar-refractivity contribution is 5.72. The molecule has 0 bridgehead atoms. The van der Waals surface area contributed by atoms with Gasteiger partial charge >= 0.3 is 11.9 Å². The van der Waals surface area contributed by atoms with Crippen LogP contribution in [0.25, 0.3) is 0 Å². The van der Waals surface area contributed by atoms with Gasteiger partial charge in [-0.2, -0.15) is 0 Å². The lowest BCUT2D eigenvalue weighted by Gasteiger charge is -2.13. The standard InChI is InChI=1S/C16H21FO4/c1-3-11-20-15(18)5-4-6-16(19)21-12(2)13-7-9-14(17)10-8-13/h7-10,12H,3-6,11H2,1-2H3. The Labute approximate surface area is 124 Å². The van der Waals surface area contributed by atoms with Gasteiger partial charge in [0.05, 0.1) is 6.61 Å². The van der Waals surface area contributed by atoms with Crippen LogP contribution in [0.1, 0.15) is 51.2 Å². The summed E-state index contributed by atoms with van der Waals surface area (Å²) >= 11 is 0. The van der Waals surface area contributed by atoms with Gasteiger partial charge in [-0.05, 0) is 37.5 Å². The normalized spacial score (nSPS) is 11.8. The summed E-state index contributed by atoms with van der Waals surface area (Å²) in [5.74, 6) is -1.01. The van der Waals surface area contributed by atoms with Gasteiger partial charge in [0.1, 0.15) is 11.9 Å². The Balaban J connectivity index is 2.27. The van der Waals surface area contributed by atoms with E-state index in [0.29, 0.717) is 13.0 Å². The summed E-state index contributed by atoms with van der Waals surface area (Å²) in [7, 11) is 0. The second-order valence-corrected chi connectivity index (χ2v) is 4.76. The zero-order valence-corrected chi connectivity index (χ0v) is 12.4. The van der Waals surface area contributed by atoms with Gasteiger partial charge < -0.3 is 9.47 Å². The number of esters is 2. The van der Waals surface area contributed by atoms with Crippen LogP contribution < -0.4 is 0 Å². The van der Waals surface area contributed by atoms with E-state index >= 15 is 0 Å². The van der Waals surface area contributed by atoms with Crippen molar-refractivity contribution in [1.29, 1.82) is 0 Å². The zero-order chi connectivity index (χ0) is 15.7. The van der Waals surface area contributed by atoms with Gasteiger partial charge in [0.2, 0.25) is 0 Å². The third-order valence-corrected chi connectivity index (χ3v) is 2.88. The highest BCUT2D eigenvalue weighted by atomic mass is 19.1. The smallest absolute Gasteiger partial charge is 0.306 e. The number of carbonyl (C=O) groups excluding carboxylic acids is 2. The summed E-state index contributed by atoms with van der Waals surface area (Å²) in [5.41, 5.74) is 0.729. The minimum absolute atomic E-state index is 0.159. The molecule has 5 heteroatoms. The minimum atomic E-state index is -0.440. The van der Waals surface area contributed by atoms with E-state index in [9.17, 15) is 14.0 Å². The van der Waals surface area contributed by atoms with E-state index in [0.717, 1.165) is 12.0 Å². The molecule has 0 aliphatic carbocycles. The summed E-state index contributed by atoms with van der Waals surface area (Å²) in [6.45, 7) is 4.05. The molecule has 0 aromatic heterocycles. The molecule has 0 spiro atoms. The number of ether oxygens (including phenoxy) is 2. The fourth-order valence-electron chi connectivity index (χ4n) is 1.72. The number of rotatable bonds is 8. The van der Waals surface area contributed by atoms with Crippen molar-refractivity contribution in [3.05, 3.63) is 35.6 Å². The first kappa shape index (κ1) is 17.1. The Hall–Kier alpha value is -1.91. The van der Waals surface area contributed by atoms with Gasteiger partial charge in [-0.25, -0.2) is 4.39 Å². The predicted octanol–water partition coefficient (Wildman–Crippen LogP) is 3.55. The monoisotopic (exact) mass is 296 g/mol. The van der Waals surface area contributed by atoms with Gasteiger partial charge in [0.15, 0.2) is 0 Å². The first-order chi connectivity index (χ1) is 10.0. The molecule has 116 valence electrons. The molecule has 1 rings (SSSR count). The minimum Gasteiger partial charge on any atom is -0.466 e. The van der Waals surface area contributed by atoms with Crippen molar-refractivity contribution in [2.45, 2.75) is 45.6 Å². The van der Waals surface area contributed by atoms with E-state index in [2.05, 4.69) is 0 Å². The van der Waals surface area contributed by atoms with Crippen LogP contribution in [0.4, 0.5) is 4.39 Å². The van der Waals surface area contributed by atoms with Crippen LogP contribution in [0.2, 0.25) is 0 Å². The largest absolute Gasteiger partial charge is 0.466 e. The molecular weight excluding hydrogens is 275 g/mol. The van der Waals surface area contributed by atoms with Crippen LogP contribution in [-0.4, -0.2) is 18.5 Å². The van der Waals surface area contributed by atoms with E-state index in [4.69, 9.17) is 9.47 Å². The summed E-state index contributed by atoms with van der Waals surface area (Å²) in [6.07, 6.45) is 1.11. The number of halogens is 1. The maximum Gasteiger partial charge on any atom is 0.306 e. The number of hydrogen-bond donors (Lipinski definition) is 0. The van der Waals surface area contributed by atoms with Crippen LogP contribution in [0.5, 0.6) is 0 Å². The first-order valence-electron chi connectivity index (χ1n) is 7.13. The molecule has 4 nitrogen and oxygen atoms in total. The highest BCUT2D eigenvalue weighted by Crippen LogP contribution is 2.18. The average Bonchev–Trinajstić information content (AvgIpc) is 2.45. The van der Waals surface area contributed by atoms with Crippen molar-refractivity contribution in [3.8, 4) is 0 Å². The van der Waals surface area contributed by atoms with Crippen LogP contribution in [0.3, 0.4) is 0 Å². The third kappa shape index (κ3) is 6.88. The first-order valence-corrected chi connectivity index (χ1v) is 7.13. The second-order valence-electron chi connectivity index (χ2n) is 4.76. The van der Waals surface area contributed by atoms with Gasteiger partial charge in [0.25, 0.3) is 0 Å². The van der Waals surface area contributed by atoms with Crippen molar-refractivity contribution in [1.82, 2.24) is 0 Å². The molecule has 0 heterocycles. The summed E-state index contributed by atoms with van der Waals surface area (Å²) in [4.78, 5) is 22.9. The predicted molar refractivity (Wildman–Crippen MR) is 76.0 cm³/mol. The Kier molecular flexibility index (Phi) is 7.43. The summed E-state index contributed by atoms with van der Waals surface area (Å²) in [6, 6.07) is 5.80. The van der Waals surface area contributed by atoms with Gasteiger partial charge in [-0.3, -0.25) is 9.59 Å². The van der Waals surface area contributed by atoms with Gasteiger partial charge in [-0.15, -0.1) is 0 Å². The summed E-state index contributed by atoms with van der Waals surface area (Å²) < 4.78 is 22.9. The fourth-order valence-corrected chi connectivity index (χ4v) is 1.72. The van der Waals surface area contributed by atoms with E-state index in [1.54, 1.807) is 19.1 Å². The van der Waals surface area contributed by atoms with Crippen molar-refractivity contribution >= 4 is 11.9 Å². The molecule has 0 saturated heterocycles. The van der Waals surface area contributed by atoms with Crippen molar-refractivity contribution in [3.63, 3.8) is 0 Å². The Morgan fingerprint density at radius 1 is 1.14 bits per heavy atom. The molecule has 1 unspecified atom stereocenters. The molecule has 0 aliphatic rings. The lowest BCUT2D eigenvalue weighted by molar-refractivity contribution is -0.149. The molecule has 1 aromatic rings. The molecule has 0 saturated carbocycles. The van der Waals surface area contributed by atoms with Crippen LogP contribution in [-0.2, 0) is 19.1 Å². The molecular formula is C16H21FO4. The molecule has 21 heavy (non-hydrogen) atoms. The summed E-state index contributed by atoms with van der Waals surface area (Å²) in [5, 5.41) is 0. The molecule has 0 N–H and O–H groups in total. The molecule has 0 fully saturated rings. The lowest BCUT2D eigenvalue weighted by atomic mass is 10.1. The van der Waals surface area contributed by atoms with Crippen molar-refractivity contribution < 1.29 is 23.5 Å². The molecule has 1 atom stereocenters. The SMILES string of the molecule is CCCOC(=O)CCCC(=O)OC(C)c1ccc(F)cc1. The Morgan fingerprint density at radius 2 is 1.76 bits per heavy atom. The topological polar surface area (TPSA) is 52.6 Å². The molecule has 0 aliphatic heterocycles. The lowest BCUT2D eigenvalue weighted by Crippen LogP contribution is -2.10. The Morgan fingerprint density at radius 3 is 2.38 bits per heavy atom. The van der Waals surface area contributed by atoms with Crippen molar-refractivity contribution in [2.24, 2.45) is 0 Å². The molecule has 1 aromatic carbocycles. The van der Waals surface area contributed by atoms with Crippen LogP contribution in [0, 0.1) is 5.82 Å². The second kappa shape index (κ2) is 9.10. The van der Waals surface area contributed by atoms with E-state index < -0.39 is 6.10 Å². The van der Waals surface area contributed by atoms with E-state index in [1.807, 2.05) is 6.92 Å². The van der Waals surface area contributed by atoms with E-state index in [1.165, 1.54) is 12.1 Å². The van der Waals surface area contributed by atoms with Crippen molar-refractivity contribution in [2.75, 3.05) is 6.61 Å². The van der Waals surface area contributed by atoms with Crippen LogP contribution >= 0.6 is 0 Å². The third-order valence-electron chi connectivity index (χ3n) is 2.88. The maximum absolute atomic E-state index is 12.8. The molecule has 0 radical (unpaired) electrons. The Bertz CT molecular complexity index is 456. The maximum atomic E-state index is 12.8. The zero-order valence-electron chi connectivity index (χ0n) is 12.4. The van der Waals surface area contributed by atoms with Crippen LogP contribution in [0.15, 0.2) is 24.3 Å². The number of hydrogen-bond acceptors (Lipinski definition) is 4. The van der Waals surface area contributed by atoms with Gasteiger partial charge in [-0.1, -0.05) is 19.1 Å². The van der Waals surface area contributed by atoms with Gasteiger partial charge in [0, 0.05) is 12.8 Å². The highest BCUT2D eigenvalue weighted by Gasteiger charge is 2.12. The molecule has 0 amide bonds. The average molecular weight is 296 g/mol. The quantitative estimate of drug-likeness (QED) is 0.688. The fraction of sp³-hybridized carbons (Fsp3) is 0.500.